The molecule has 0 spiro atoms. The third kappa shape index (κ3) is 9.02. The molecule has 0 heterocycles. The van der Waals surface area contributed by atoms with Crippen LogP contribution < -0.4 is 5.73 Å². The molecule has 0 radical (unpaired) electrons. The summed E-state index contributed by atoms with van der Waals surface area (Å²) in [6.07, 6.45) is 0.303. The Morgan fingerprint density at radius 2 is 1.94 bits per heavy atom. The molecule has 0 fully saturated rings. The normalized spacial score (nSPS) is 14.1. The molecule has 0 aromatic heterocycles. The Balaban J connectivity index is 3.60. The zero-order valence-corrected chi connectivity index (χ0v) is 10.8. The summed E-state index contributed by atoms with van der Waals surface area (Å²) in [6, 6.07) is 0. The first-order chi connectivity index (χ1) is 7.89. The molecule has 7 nitrogen and oxygen atoms in total. The summed E-state index contributed by atoms with van der Waals surface area (Å²) in [5, 5.41) is 0. The zero-order valence-electron chi connectivity index (χ0n) is 9.89. The lowest BCUT2D eigenvalue weighted by Crippen LogP contribution is -2.52. The van der Waals surface area contributed by atoms with Gasteiger partial charge in [-0.25, -0.2) is 9.36 Å². The quantitative estimate of drug-likeness (QED) is 0.261. The Hall–Kier alpha value is -0.720. The fraction of sp³-hybridized carbons (Fsp3) is 0.667. The Bertz CT molecular complexity index is 306. The second-order valence-corrected chi connectivity index (χ2v) is 4.71. The van der Waals surface area contributed by atoms with Gasteiger partial charge in [0, 0.05) is 12.0 Å². The van der Waals surface area contributed by atoms with Crippen molar-refractivity contribution in [2.24, 2.45) is 0 Å². The number of phosphoric acid groups is 1. The highest BCUT2D eigenvalue weighted by atomic mass is 31.2. The molecule has 0 aliphatic heterocycles. The SMILES string of the molecule is C=C(C)C(=O)OCCCOP(=O)(O)OCC[NH3+]. The molecule has 0 rings (SSSR count). The van der Waals surface area contributed by atoms with Crippen molar-refractivity contribution in [2.75, 3.05) is 26.4 Å². The number of hydrogen-bond donors (Lipinski definition) is 2. The van der Waals surface area contributed by atoms with Crippen LogP contribution in [0.3, 0.4) is 0 Å². The first-order valence-electron chi connectivity index (χ1n) is 5.13. The van der Waals surface area contributed by atoms with E-state index in [9.17, 15) is 9.36 Å². The van der Waals surface area contributed by atoms with Crippen molar-refractivity contribution in [1.82, 2.24) is 0 Å². The molecule has 0 aromatic carbocycles. The van der Waals surface area contributed by atoms with Crippen molar-refractivity contribution in [3.8, 4) is 0 Å². The van der Waals surface area contributed by atoms with Crippen LogP contribution in [-0.4, -0.2) is 37.2 Å². The summed E-state index contributed by atoms with van der Waals surface area (Å²) in [4.78, 5) is 20.0. The van der Waals surface area contributed by atoms with Crippen molar-refractivity contribution in [3.05, 3.63) is 12.2 Å². The summed E-state index contributed by atoms with van der Waals surface area (Å²) in [6.45, 7) is 5.44. The molecule has 0 bridgehead atoms. The predicted octanol–water partition coefficient (Wildman–Crippen LogP) is -0.129. The predicted molar refractivity (Wildman–Crippen MR) is 59.9 cm³/mol. The monoisotopic (exact) mass is 268 g/mol. The highest BCUT2D eigenvalue weighted by Gasteiger charge is 2.20. The Kier molecular flexibility index (Phi) is 8.03. The van der Waals surface area contributed by atoms with Gasteiger partial charge in [-0.05, 0) is 6.92 Å². The molecule has 0 amide bonds. The molecular weight excluding hydrogens is 249 g/mol. The van der Waals surface area contributed by atoms with Gasteiger partial charge in [-0.2, -0.15) is 0 Å². The van der Waals surface area contributed by atoms with Gasteiger partial charge < -0.3 is 15.4 Å². The van der Waals surface area contributed by atoms with Gasteiger partial charge >= 0.3 is 13.8 Å². The molecule has 0 saturated heterocycles. The van der Waals surface area contributed by atoms with Crippen LogP contribution in [0.1, 0.15) is 13.3 Å². The second-order valence-electron chi connectivity index (χ2n) is 3.26. The van der Waals surface area contributed by atoms with Gasteiger partial charge in [0.2, 0.25) is 0 Å². The fourth-order valence-corrected chi connectivity index (χ4v) is 1.54. The maximum Gasteiger partial charge on any atom is 0.472 e. The number of carbonyl (C=O) groups excluding carboxylic acids is 1. The minimum absolute atomic E-state index is 0.0333. The average Bonchev–Trinajstić information content (AvgIpc) is 2.25. The number of rotatable bonds is 9. The van der Waals surface area contributed by atoms with Crippen LogP contribution in [-0.2, 0) is 23.1 Å². The lowest BCUT2D eigenvalue weighted by atomic mass is 10.4. The number of ether oxygens (including phenoxy) is 1. The lowest BCUT2D eigenvalue weighted by Gasteiger charge is -2.10. The van der Waals surface area contributed by atoms with Gasteiger partial charge in [-0.15, -0.1) is 0 Å². The Labute approximate surface area is 100 Å². The van der Waals surface area contributed by atoms with E-state index in [0.717, 1.165) is 0 Å². The summed E-state index contributed by atoms with van der Waals surface area (Å²) in [7, 11) is -3.99. The summed E-state index contributed by atoms with van der Waals surface area (Å²) < 4.78 is 25.1. The van der Waals surface area contributed by atoms with Gasteiger partial charge in [-0.1, -0.05) is 6.58 Å². The molecule has 0 aliphatic rings. The molecular formula is C9H19NO6P+. The molecule has 4 N–H and O–H groups in total. The molecule has 17 heavy (non-hydrogen) atoms. The van der Waals surface area contributed by atoms with Crippen LogP contribution in [0.4, 0.5) is 0 Å². The Morgan fingerprint density at radius 1 is 1.35 bits per heavy atom. The molecule has 0 aliphatic carbocycles. The number of quaternary nitrogens is 1. The number of esters is 1. The first kappa shape index (κ1) is 16.3. The highest BCUT2D eigenvalue weighted by molar-refractivity contribution is 7.47. The van der Waals surface area contributed by atoms with Crippen LogP contribution in [0, 0.1) is 0 Å². The van der Waals surface area contributed by atoms with Gasteiger partial charge in [0.1, 0.15) is 6.61 Å². The van der Waals surface area contributed by atoms with E-state index in [-0.39, 0.29) is 19.8 Å². The van der Waals surface area contributed by atoms with Crippen molar-refractivity contribution in [1.29, 1.82) is 0 Å². The van der Waals surface area contributed by atoms with E-state index >= 15 is 0 Å². The van der Waals surface area contributed by atoms with Crippen molar-refractivity contribution in [2.45, 2.75) is 13.3 Å². The van der Waals surface area contributed by atoms with Gasteiger partial charge in [0.05, 0.1) is 19.8 Å². The van der Waals surface area contributed by atoms with Crippen LogP contribution in [0.5, 0.6) is 0 Å². The number of hydrogen-bond acceptors (Lipinski definition) is 5. The van der Waals surface area contributed by atoms with Crippen LogP contribution in [0.2, 0.25) is 0 Å². The maximum atomic E-state index is 11.1. The van der Waals surface area contributed by atoms with E-state index in [0.29, 0.717) is 18.5 Å². The third-order valence-corrected chi connectivity index (χ3v) is 2.54. The molecule has 1 unspecified atom stereocenters. The molecule has 100 valence electrons. The third-order valence-electron chi connectivity index (χ3n) is 1.52. The van der Waals surface area contributed by atoms with E-state index in [1.807, 2.05) is 0 Å². The summed E-state index contributed by atoms with van der Waals surface area (Å²) in [5.41, 5.74) is 3.76. The van der Waals surface area contributed by atoms with Crippen molar-refractivity contribution in [3.63, 3.8) is 0 Å². The Morgan fingerprint density at radius 3 is 2.47 bits per heavy atom. The number of phosphoric ester groups is 1. The number of carbonyl (C=O) groups is 1. The second kappa shape index (κ2) is 8.38. The van der Waals surface area contributed by atoms with E-state index in [1.54, 1.807) is 0 Å². The van der Waals surface area contributed by atoms with Gasteiger partial charge in [0.25, 0.3) is 0 Å². The fourth-order valence-electron chi connectivity index (χ4n) is 0.744. The molecule has 0 aromatic rings. The standard InChI is InChI=1S/C9H18NO6P/c1-8(2)9(11)14-5-3-6-15-17(12,13)16-7-4-10/h1,3-7,10H2,2H3,(H,12,13)/p+1. The first-order valence-corrected chi connectivity index (χ1v) is 6.62. The molecule has 8 heteroatoms. The minimum Gasteiger partial charge on any atom is -0.462 e. The largest absolute Gasteiger partial charge is 0.472 e. The maximum absolute atomic E-state index is 11.1. The van der Waals surface area contributed by atoms with E-state index < -0.39 is 13.8 Å². The summed E-state index contributed by atoms with van der Waals surface area (Å²) >= 11 is 0. The minimum atomic E-state index is -3.99. The average molecular weight is 268 g/mol. The topological polar surface area (TPSA) is 110 Å². The van der Waals surface area contributed by atoms with Crippen molar-refractivity contribution >= 4 is 13.8 Å². The molecule has 1 atom stereocenters. The van der Waals surface area contributed by atoms with Crippen molar-refractivity contribution < 1.29 is 33.8 Å². The smallest absolute Gasteiger partial charge is 0.462 e. The molecule has 0 saturated carbocycles. The van der Waals surface area contributed by atoms with Crippen LogP contribution in [0.15, 0.2) is 12.2 Å². The van der Waals surface area contributed by atoms with Gasteiger partial charge in [-0.3, -0.25) is 9.05 Å². The highest BCUT2D eigenvalue weighted by Crippen LogP contribution is 2.42. The van der Waals surface area contributed by atoms with E-state index in [4.69, 9.17) is 9.63 Å². The zero-order chi connectivity index (χ0) is 13.3. The summed E-state index contributed by atoms with van der Waals surface area (Å²) in [5.74, 6) is -0.495. The van der Waals surface area contributed by atoms with Crippen LogP contribution in [0.25, 0.3) is 0 Å². The van der Waals surface area contributed by atoms with Gasteiger partial charge in [0.15, 0.2) is 0 Å². The lowest BCUT2D eigenvalue weighted by molar-refractivity contribution is -0.371. The van der Waals surface area contributed by atoms with E-state index in [1.165, 1.54) is 6.92 Å². The van der Waals surface area contributed by atoms with E-state index in [2.05, 4.69) is 21.4 Å². The van der Waals surface area contributed by atoms with Crippen LogP contribution >= 0.6 is 7.82 Å².